The monoisotopic (exact) mass is 272 g/mol. The summed E-state index contributed by atoms with van der Waals surface area (Å²) in [5.41, 5.74) is -0.563. The first-order valence-electron chi connectivity index (χ1n) is 5.81. The first-order valence-corrected chi connectivity index (χ1v) is 5.81. The third-order valence-corrected chi connectivity index (χ3v) is 3.56. The molecule has 0 saturated carbocycles. The van der Waals surface area contributed by atoms with E-state index in [4.69, 9.17) is 0 Å². The van der Waals surface area contributed by atoms with Gasteiger partial charge in [-0.2, -0.15) is 0 Å². The van der Waals surface area contributed by atoms with Crippen molar-refractivity contribution in [1.29, 1.82) is 0 Å². The van der Waals surface area contributed by atoms with Crippen LogP contribution in [0.3, 0.4) is 0 Å². The number of piperazine rings is 1. The Balaban J connectivity index is 0.00000144. The molecule has 7 heteroatoms. The summed E-state index contributed by atoms with van der Waals surface area (Å²) in [5, 5.41) is 0. The van der Waals surface area contributed by atoms with E-state index in [1.165, 1.54) is 6.42 Å². The molecule has 0 aromatic carbocycles. The Morgan fingerprint density at radius 2 is 1.94 bits per heavy atom. The predicted octanol–water partition coefficient (Wildman–Crippen LogP) is -1.29. The molecule has 0 radical (unpaired) electrons. The number of halogens is 3. The van der Waals surface area contributed by atoms with Crippen LogP contribution in [0.4, 0.5) is 12.9 Å². The van der Waals surface area contributed by atoms with E-state index in [1.807, 2.05) is 4.90 Å². The average Bonchev–Trinajstić information content (AvgIpc) is 2.63. The van der Waals surface area contributed by atoms with Crippen LogP contribution < -0.4 is 51.4 Å². The van der Waals surface area contributed by atoms with E-state index in [0.29, 0.717) is 6.04 Å². The van der Waals surface area contributed by atoms with Gasteiger partial charge in [0.05, 0.1) is 0 Å². The van der Waals surface area contributed by atoms with E-state index in [2.05, 4.69) is 11.5 Å². The van der Waals surface area contributed by atoms with Gasteiger partial charge in [-0.25, -0.2) is 0 Å². The molecule has 0 aromatic heterocycles. The zero-order chi connectivity index (χ0) is 11.8. The van der Waals surface area contributed by atoms with Crippen LogP contribution in [0, 0.1) is 0 Å². The number of hydrogen-bond acceptors (Lipinski definition) is 2. The van der Waals surface area contributed by atoms with Gasteiger partial charge < -0.3 is 12.9 Å². The van der Waals surface area contributed by atoms with Crippen molar-refractivity contribution in [3.8, 4) is 0 Å². The molecule has 0 bridgehead atoms. The molecule has 0 amide bonds. The summed E-state index contributed by atoms with van der Waals surface area (Å²) >= 11 is 0. The summed E-state index contributed by atoms with van der Waals surface area (Å²) in [7, 11) is 0. The zero-order valence-electron chi connectivity index (χ0n) is 10.3. The van der Waals surface area contributed by atoms with Gasteiger partial charge in [-0.05, 0) is 25.9 Å². The van der Waals surface area contributed by atoms with Crippen LogP contribution in [0.1, 0.15) is 12.8 Å². The molecule has 2 aliphatic rings. The van der Waals surface area contributed by atoms with E-state index in [9.17, 15) is 12.9 Å². The number of nitrogens with zero attached hydrogens (tertiary/aromatic N) is 2. The molecule has 1 atom stereocenters. The molecule has 0 aromatic rings. The first kappa shape index (κ1) is 16.2. The largest absolute Gasteiger partial charge is 1.00 e. The van der Waals surface area contributed by atoms with Gasteiger partial charge >= 0.3 is 58.4 Å². The summed E-state index contributed by atoms with van der Waals surface area (Å²) in [4.78, 5) is 4.28. The van der Waals surface area contributed by atoms with Gasteiger partial charge in [-0.15, -0.1) is 12.1 Å². The second kappa shape index (κ2) is 6.54. The molecule has 2 saturated heterocycles. The van der Waals surface area contributed by atoms with Gasteiger partial charge in [-0.3, -0.25) is 9.80 Å². The molecular formula is C10H17BF3KN2. The Bertz CT molecular complexity index is 285. The fourth-order valence-electron chi connectivity index (χ4n) is 2.59. The average molecular weight is 272 g/mol. The molecule has 0 N–H and O–H groups in total. The molecule has 0 spiro atoms. The number of fused-ring (bicyclic) bond motifs is 1. The molecular weight excluding hydrogens is 255 g/mol. The second-order valence-electron chi connectivity index (χ2n) is 4.80. The van der Waals surface area contributed by atoms with Crippen LogP contribution in [-0.2, 0) is 0 Å². The quantitative estimate of drug-likeness (QED) is 0.590. The Morgan fingerprint density at radius 1 is 1.24 bits per heavy atom. The smallest absolute Gasteiger partial charge is 0.445 e. The van der Waals surface area contributed by atoms with Gasteiger partial charge in [0, 0.05) is 25.7 Å². The van der Waals surface area contributed by atoms with Crippen molar-refractivity contribution in [2.75, 3.05) is 32.7 Å². The molecule has 2 aliphatic heterocycles. The van der Waals surface area contributed by atoms with Crippen LogP contribution in [0.25, 0.3) is 0 Å². The third kappa shape index (κ3) is 4.33. The molecule has 2 heterocycles. The van der Waals surface area contributed by atoms with Crippen molar-refractivity contribution < 1.29 is 64.3 Å². The van der Waals surface area contributed by atoms with Crippen LogP contribution in [0.2, 0.25) is 0 Å². The van der Waals surface area contributed by atoms with E-state index in [-0.39, 0.29) is 57.9 Å². The summed E-state index contributed by atoms with van der Waals surface area (Å²) in [6.45, 7) is 1.81. The number of hydrogen-bond donors (Lipinski definition) is 0. The maximum Gasteiger partial charge on any atom is 1.00 e. The molecule has 17 heavy (non-hydrogen) atoms. The topological polar surface area (TPSA) is 6.48 Å². The molecule has 92 valence electrons. The van der Waals surface area contributed by atoms with Crippen molar-refractivity contribution in [1.82, 2.24) is 9.80 Å². The van der Waals surface area contributed by atoms with Gasteiger partial charge in [0.2, 0.25) is 0 Å². The van der Waals surface area contributed by atoms with Crippen LogP contribution >= 0.6 is 0 Å². The summed E-state index contributed by atoms with van der Waals surface area (Å²) in [6.07, 6.45) is 2.31. The molecule has 2 nitrogen and oxygen atoms in total. The van der Waals surface area contributed by atoms with E-state index in [0.717, 1.165) is 32.6 Å². The molecule has 2 fully saturated rings. The van der Waals surface area contributed by atoms with Crippen molar-refractivity contribution >= 4 is 6.98 Å². The Labute approximate surface area is 143 Å². The van der Waals surface area contributed by atoms with E-state index in [1.54, 1.807) is 0 Å². The molecule has 2 rings (SSSR count). The van der Waals surface area contributed by atoms with E-state index < -0.39 is 12.4 Å². The summed E-state index contributed by atoms with van der Waals surface area (Å²) in [6, 6.07) is 0.474. The maximum absolute atomic E-state index is 12.4. The summed E-state index contributed by atoms with van der Waals surface area (Å²) < 4.78 is 37.2. The minimum Gasteiger partial charge on any atom is -0.445 e. The van der Waals surface area contributed by atoms with Crippen molar-refractivity contribution in [2.45, 2.75) is 18.9 Å². The minimum absolute atomic E-state index is 0. The van der Waals surface area contributed by atoms with Gasteiger partial charge in [0.15, 0.2) is 0 Å². The third-order valence-electron chi connectivity index (χ3n) is 3.56. The van der Waals surface area contributed by atoms with E-state index >= 15 is 0 Å². The van der Waals surface area contributed by atoms with Gasteiger partial charge in [-0.1, -0.05) is 0 Å². The first-order chi connectivity index (χ1) is 7.47. The van der Waals surface area contributed by atoms with Crippen molar-refractivity contribution in [3.63, 3.8) is 0 Å². The fourth-order valence-corrected chi connectivity index (χ4v) is 2.59. The van der Waals surface area contributed by atoms with Crippen molar-refractivity contribution in [2.24, 2.45) is 0 Å². The Morgan fingerprint density at radius 3 is 2.59 bits per heavy atom. The second-order valence-corrected chi connectivity index (χ2v) is 4.80. The minimum atomic E-state index is -4.87. The standard InChI is InChI=1S/C10H17BF3N2.K/c1-9(11(12,13)14)7-15-5-6-16-4-2-3-10(16)8-15;/h10H,1-8H2;/q-1;+1. The predicted molar refractivity (Wildman–Crippen MR) is 59.3 cm³/mol. The molecule has 0 aliphatic carbocycles. The fraction of sp³-hybridized carbons (Fsp3) is 0.800. The van der Waals surface area contributed by atoms with Crippen LogP contribution in [-0.4, -0.2) is 55.5 Å². The maximum atomic E-state index is 12.4. The van der Waals surface area contributed by atoms with Crippen LogP contribution in [0.5, 0.6) is 0 Å². The zero-order valence-corrected chi connectivity index (χ0v) is 13.5. The molecule has 1 unspecified atom stereocenters. The normalized spacial score (nSPS) is 26.4. The Hall–Kier alpha value is 1.15. The summed E-state index contributed by atoms with van der Waals surface area (Å²) in [5.74, 6) is 0. The van der Waals surface area contributed by atoms with Crippen LogP contribution in [0.15, 0.2) is 12.1 Å². The van der Waals surface area contributed by atoms with Gasteiger partial charge in [0.25, 0.3) is 0 Å². The Kier molecular flexibility index (Phi) is 6.24. The SMILES string of the molecule is C=C(CN1CCN2CCCC2C1)[B-](F)(F)F.[K+]. The number of rotatable bonds is 3. The van der Waals surface area contributed by atoms with Crippen molar-refractivity contribution in [3.05, 3.63) is 12.1 Å². The van der Waals surface area contributed by atoms with Gasteiger partial charge in [0.1, 0.15) is 0 Å².